The summed E-state index contributed by atoms with van der Waals surface area (Å²) < 4.78 is 0. The highest BCUT2D eigenvalue weighted by Crippen LogP contribution is 2.65. The van der Waals surface area contributed by atoms with E-state index in [-0.39, 0.29) is 12.0 Å². The molecule has 4 aliphatic carbocycles. The molecule has 3 heteroatoms. The highest BCUT2D eigenvalue weighted by Gasteiger charge is 2.61. The van der Waals surface area contributed by atoms with Crippen molar-refractivity contribution >= 4 is 5.97 Å². The SMILES string of the molecule is CC(CO)(C(=O)O)C12CC3CC(CC(C3)C1)C2. The predicted octanol–water partition coefficient (Wildman–Crippen LogP) is 2.29. The molecule has 0 aromatic rings. The van der Waals surface area contributed by atoms with E-state index in [9.17, 15) is 15.0 Å². The Hall–Kier alpha value is -0.570. The number of hydrogen-bond donors (Lipinski definition) is 2. The summed E-state index contributed by atoms with van der Waals surface area (Å²) in [6, 6.07) is 0. The van der Waals surface area contributed by atoms with Crippen LogP contribution in [-0.4, -0.2) is 22.8 Å². The van der Waals surface area contributed by atoms with Crippen LogP contribution in [0.1, 0.15) is 45.4 Å². The fraction of sp³-hybridized carbons (Fsp3) is 0.929. The molecule has 96 valence electrons. The van der Waals surface area contributed by atoms with Crippen molar-refractivity contribution in [3.63, 3.8) is 0 Å². The fourth-order valence-corrected chi connectivity index (χ4v) is 5.25. The van der Waals surface area contributed by atoms with Gasteiger partial charge in [-0.2, -0.15) is 0 Å². The van der Waals surface area contributed by atoms with Crippen molar-refractivity contribution in [1.29, 1.82) is 0 Å². The first-order chi connectivity index (χ1) is 7.99. The zero-order chi connectivity index (χ0) is 12.3. The van der Waals surface area contributed by atoms with Crippen LogP contribution in [0.25, 0.3) is 0 Å². The van der Waals surface area contributed by atoms with Crippen molar-refractivity contribution in [2.75, 3.05) is 6.61 Å². The number of aliphatic carboxylic acids is 1. The van der Waals surface area contributed by atoms with Crippen LogP contribution in [0.3, 0.4) is 0 Å². The summed E-state index contributed by atoms with van der Waals surface area (Å²) in [4.78, 5) is 11.6. The fourth-order valence-electron chi connectivity index (χ4n) is 5.25. The second kappa shape index (κ2) is 3.47. The average Bonchev–Trinajstić information content (AvgIpc) is 2.25. The Kier molecular flexibility index (Phi) is 2.35. The van der Waals surface area contributed by atoms with Crippen LogP contribution in [0, 0.1) is 28.6 Å². The molecular weight excluding hydrogens is 216 g/mol. The molecule has 0 radical (unpaired) electrons. The summed E-state index contributed by atoms with van der Waals surface area (Å²) in [6.07, 6.45) is 7.01. The van der Waals surface area contributed by atoms with Crippen LogP contribution in [0.15, 0.2) is 0 Å². The van der Waals surface area contributed by atoms with Crippen LogP contribution >= 0.6 is 0 Å². The lowest BCUT2D eigenvalue weighted by atomic mass is 9.43. The summed E-state index contributed by atoms with van der Waals surface area (Å²) in [5, 5.41) is 19.2. The minimum Gasteiger partial charge on any atom is -0.481 e. The molecule has 4 aliphatic rings. The van der Waals surface area contributed by atoms with Gasteiger partial charge in [0.05, 0.1) is 12.0 Å². The van der Waals surface area contributed by atoms with Gasteiger partial charge in [0, 0.05) is 0 Å². The first-order valence-electron chi connectivity index (χ1n) is 6.83. The van der Waals surface area contributed by atoms with Gasteiger partial charge in [-0.25, -0.2) is 0 Å². The van der Waals surface area contributed by atoms with Crippen LogP contribution in [0.5, 0.6) is 0 Å². The van der Waals surface area contributed by atoms with E-state index < -0.39 is 11.4 Å². The van der Waals surface area contributed by atoms with Crippen LogP contribution in [-0.2, 0) is 4.79 Å². The Bertz CT molecular complexity index is 314. The minimum atomic E-state index is -0.928. The molecule has 0 amide bonds. The largest absolute Gasteiger partial charge is 0.481 e. The molecule has 1 unspecified atom stereocenters. The van der Waals surface area contributed by atoms with Gasteiger partial charge in [0.25, 0.3) is 0 Å². The number of carboxylic acid groups (broad SMARTS) is 1. The van der Waals surface area contributed by atoms with Crippen molar-refractivity contribution in [3.8, 4) is 0 Å². The van der Waals surface area contributed by atoms with Crippen LogP contribution < -0.4 is 0 Å². The highest BCUT2D eigenvalue weighted by molar-refractivity contribution is 5.75. The zero-order valence-electron chi connectivity index (χ0n) is 10.5. The molecule has 17 heavy (non-hydrogen) atoms. The molecule has 0 saturated heterocycles. The number of rotatable bonds is 3. The lowest BCUT2D eigenvalue weighted by Crippen LogP contribution is -2.57. The summed E-state index contributed by atoms with van der Waals surface area (Å²) >= 11 is 0. The van der Waals surface area contributed by atoms with Gasteiger partial charge in [0.1, 0.15) is 0 Å². The minimum absolute atomic E-state index is 0.123. The second-order valence-corrected chi connectivity index (χ2v) is 6.99. The maximum Gasteiger partial charge on any atom is 0.312 e. The van der Waals surface area contributed by atoms with Crippen molar-refractivity contribution in [2.45, 2.75) is 45.4 Å². The third-order valence-electron chi connectivity index (χ3n) is 6.00. The Morgan fingerprint density at radius 1 is 1.18 bits per heavy atom. The molecule has 3 nitrogen and oxygen atoms in total. The van der Waals surface area contributed by atoms with E-state index in [1.165, 1.54) is 19.3 Å². The molecule has 4 rings (SSSR count). The molecule has 4 bridgehead atoms. The second-order valence-electron chi connectivity index (χ2n) is 6.99. The Labute approximate surface area is 102 Å². The van der Waals surface area contributed by atoms with Crippen molar-refractivity contribution in [3.05, 3.63) is 0 Å². The Balaban J connectivity index is 1.98. The van der Waals surface area contributed by atoms with E-state index in [4.69, 9.17) is 0 Å². The first kappa shape index (κ1) is 11.5. The van der Waals surface area contributed by atoms with Crippen molar-refractivity contribution < 1.29 is 15.0 Å². The average molecular weight is 238 g/mol. The molecule has 0 aliphatic heterocycles. The molecular formula is C14H22O3. The van der Waals surface area contributed by atoms with Crippen LogP contribution in [0.2, 0.25) is 0 Å². The van der Waals surface area contributed by atoms with Gasteiger partial charge in [-0.3, -0.25) is 4.79 Å². The number of aliphatic hydroxyl groups is 1. The van der Waals surface area contributed by atoms with E-state index in [1.54, 1.807) is 6.92 Å². The number of hydrogen-bond acceptors (Lipinski definition) is 2. The summed E-state index contributed by atoms with van der Waals surface area (Å²) in [7, 11) is 0. The quantitative estimate of drug-likeness (QED) is 0.793. The van der Waals surface area contributed by atoms with E-state index in [2.05, 4.69) is 0 Å². The van der Waals surface area contributed by atoms with E-state index in [0.29, 0.717) is 0 Å². The van der Waals surface area contributed by atoms with Crippen molar-refractivity contribution in [1.82, 2.24) is 0 Å². The zero-order valence-corrected chi connectivity index (χ0v) is 10.5. The lowest BCUT2D eigenvalue weighted by molar-refractivity contribution is -0.182. The van der Waals surface area contributed by atoms with Gasteiger partial charge in [-0.15, -0.1) is 0 Å². The lowest BCUT2D eigenvalue weighted by Gasteiger charge is -2.61. The first-order valence-corrected chi connectivity index (χ1v) is 6.83. The van der Waals surface area contributed by atoms with Crippen molar-refractivity contribution in [2.24, 2.45) is 28.6 Å². The number of carboxylic acids is 1. The highest BCUT2D eigenvalue weighted by atomic mass is 16.4. The molecule has 0 spiro atoms. The summed E-state index contributed by atoms with van der Waals surface area (Å²) in [5.41, 5.74) is -1.05. The molecule has 4 fully saturated rings. The Morgan fingerprint density at radius 3 is 1.88 bits per heavy atom. The third-order valence-corrected chi connectivity index (χ3v) is 6.00. The molecule has 0 aromatic carbocycles. The monoisotopic (exact) mass is 238 g/mol. The third kappa shape index (κ3) is 1.41. The summed E-state index contributed by atoms with van der Waals surface area (Å²) in [6.45, 7) is 1.55. The van der Waals surface area contributed by atoms with E-state index >= 15 is 0 Å². The maximum absolute atomic E-state index is 11.6. The van der Waals surface area contributed by atoms with Gasteiger partial charge in [-0.1, -0.05) is 0 Å². The summed E-state index contributed by atoms with van der Waals surface area (Å²) in [5.74, 6) is 1.38. The van der Waals surface area contributed by atoms with E-state index in [0.717, 1.165) is 37.0 Å². The van der Waals surface area contributed by atoms with Gasteiger partial charge in [0.15, 0.2) is 0 Å². The Morgan fingerprint density at radius 2 is 1.59 bits per heavy atom. The standard InChI is InChI=1S/C14H22O3/c1-13(8-15,12(16)17)14-5-9-2-10(6-14)4-11(3-9)7-14/h9-11,15H,2-8H2,1H3,(H,16,17). The van der Waals surface area contributed by atoms with Crippen LogP contribution in [0.4, 0.5) is 0 Å². The molecule has 1 atom stereocenters. The smallest absolute Gasteiger partial charge is 0.312 e. The van der Waals surface area contributed by atoms with E-state index in [1.807, 2.05) is 0 Å². The van der Waals surface area contributed by atoms with Gasteiger partial charge in [0.2, 0.25) is 0 Å². The molecule has 4 saturated carbocycles. The molecule has 0 heterocycles. The topological polar surface area (TPSA) is 57.5 Å². The molecule has 2 N–H and O–H groups in total. The van der Waals surface area contributed by atoms with Gasteiger partial charge < -0.3 is 10.2 Å². The normalized spacial score (nSPS) is 46.8. The number of aliphatic hydroxyl groups excluding tert-OH is 1. The number of carbonyl (C=O) groups is 1. The van der Waals surface area contributed by atoms with Gasteiger partial charge in [-0.05, 0) is 68.6 Å². The predicted molar refractivity (Wildman–Crippen MR) is 63.4 cm³/mol. The molecule has 0 aromatic heterocycles. The van der Waals surface area contributed by atoms with Gasteiger partial charge >= 0.3 is 5.97 Å². The maximum atomic E-state index is 11.6.